The fourth-order valence-corrected chi connectivity index (χ4v) is 4.04. The second kappa shape index (κ2) is 4.78. The largest absolute Gasteiger partial charge is 0.346 e. The van der Waals surface area contributed by atoms with Crippen molar-refractivity contribution in [2.75, 3.05) is 18.0 Å². The Labute approximate surface area is 113 Å². The highest BCUT2D eigenvalue weighted by atomic mass is 32.1. The van der Waals surface area contributed by atoms with Crippen LogP contribution in [0.2, 0.25) is 0 Å². The van der Waals surface area contributed by atoms with Crippen LogP contribution in [0.1, 0.15) is 44.9 Å². The molecule has 18 heavy (non-hydrogen) atoms. The predicted molar refractivity (Wildman–Crippen MR) is 75.0 cm³/mol. The third-order valence-electron chi connectivity index (χ3n) is 4.31. The number of nitrogens with two attached hydrogens (primary N) is 1. The maximum Gasteiger partial charge on any atom is 0.205 e. The van der Waals surface area contributed by atoms with Crippen LogP contribution in [0.25, 0.3) is 0 Å². The lowest BCUT2D eigenvalue weighted by Gasteiger charge is -2.27. The summed E-state index contributed by atoms with van der Waals surface area (Å²) in [6.07, 6.45) is 3.68. The number of anilines is 1. The molecule has 3 rings (SSSR count). The van der Waals surface area contributed by atoms with Gasteiger partial charge < -0.3 is 10.6 Å². The molecule has 0 aromatic carbocycles. The minimum absolute atomic E-state index is 0.423. The Morgan fingerprint density at radius 1 is 1.28 bits per heavy atom. The van der Waals surface area contributed by atoms with E-state index in [0.717, 1.165) is 35.9 Å². The normalized spacial score (nSPS) is 32.0. The number of hydrogen-bond donors (Lipinski definition) is 1. The van der Waals surface area contributed by atoms with Gasteiger partial charge in [0.2, 0.25) is 5.13 Å². The van der Waals surface area contributed by atoms with Gasteiger partial charge in [0.1, 0.15) is 5.82 Å². The quantitative estimate of drug-likeness (QED) is 0.892. The van der Waals surface area contributed by atoms with E-state index in [-0.39, 0.29) is 0 Å². The van der Waals surface area contributed by atoms with Crippen LogP contribution in [0.3, 0.4) is 0 Å². The van der Waals surface area contributed by atoms with Gasteiger partial charge in [-0.3, -0.25) is 0 Å². The molecule has 0 spiro atoms. The van der Waals surface area contributed by atoms with E-state index >= 15 is 0 Å². The zero-order valence-corrected chi connectivity index (χ0v) is 12.0. The SMILES string of the molecule is CC(C)c1nsc(N2C[C@H]3CCC(N)C[C@H]3C2)n1. The molecular formula is C13H22N4S. The highest BCUT2D eigenvalue weighted by Crippen LogP contribution is 2.38. The number of rotatable bonds is 2. The maximum absolute atomic E-state index is 6.07. The Morgan fingerprint density at radius 3 is 2.78 bits per heavy atom. The molecule has 0 bridgehead atoms. The Hall–Kier alpha value is -0.680. The minimum Gasteiger partial charge on any atom is -0.346 e. The molecule has 2 aliphatic rings. The highest BCUT2D eigenvalue weighted by molar-refractivity contribution is 7.09. The molecule has 1 aliphatic heterocycles. The van der Waals surface area contributed by atoms with Crippen LogP contribution in [0.5, 0.6) is 0 Å². The third kappa shape index (κ3) is 2.26. The van der Waals surface area contributed by atoms with Crippen molar-refractivity contribution in [3.05, 3.63) is 5.82 Å². The van der Waals surface area contributed by atoms with Gasteiger partial charge in [0.05, 0.1) is 0 Å². The molecule has 2 N–H and O–H groups in total. The molecule has 100 valence electrons. The van der Waals surface area contributed by atoms with Gasteiger partial charge in [-0.05, 0) is 31.1 Å². The predicted octanol–water partition coefficient (Wildman–Crippen LogP) is 2.23. The molecular weight excluding hydrogens is 244 g/mol. The molecule has 2 heterocycles. The van der Waals surface area contributed by atoms with E-state index in [4.69, 9.17) is 5.73 Å². The summed E-state index contributed by atoms with van der Waals surface area (Å²) in [5, 5.41) is 1.11. The van der Waals surface area contributed by atoms with Gasteiger partial charge in [-0.25, -0.2) is 4.98 Å². The molecule has 1 unspecified atom stereocenters. The van der Waals surface area contributed by atoms with Crippen LogP contribution in [0.15, 0.2) is 0 Å². The van der Waals surface area contributed by atoms with Crippen LogP contribution < -0.4 is 10.6 Å². The Balaban J connectivity index is 1.70. The number of hydrogen-bond acceptors (Lipinski definition) is 5. The van der Waals surface area contributed by atoms with Gasteiger partial charge >= 0.3 is 0 Å². The summed E-state index contributed by atoms with van der Waals surface area (Å²) in [7, 11) is 0. The van der Waals surface area contributed by atoms with Crippen molar-refractivity contribution in [2.24, 2.45) is 17.6 Å². The summed E-state index contributed by atoms with van der Waals surface area (Å²) in [6.45, 7) is 6.58. The average molecular weight is 266 g/mol. The Kier molecular flexibility index (Phi) is 3.28. The zero-order valence-electron chi connectivity index (χ0n) is 11.2. The molecule has 0 radical (unpaired) electrons. The molecule has 0 amide bonds. The molecule has 1 aromatic rings. The van der Waals surface area contributed by atoms with Gasteiger partial charge in [-0.1, -0.05) is 13.8 Å². The summed E-state index contributed by atoms with van der Waals surface area (Å²) >= 11 is 1.55. The summed E-state index contributed by atoms with van der Waals surface area (Å²) < 4.78 is 4.46. The van der Waals surface area contributed by atoms with Gasteiger partial charge in [-0.15, -0.1) is 0 Å². The molecule has 4 nitrogen and oxygen atoms in total. The van der Waals surface area contributed by atoms with Crippen molar-refractivity contribution in [1.29, 1.82) is 0 Å². The van der Waals surface area contributed by atoms with Crippen molar-refractivity contribution in [3.8, 4) is 0 Å². The molecule has 3 atom stereocenters. The fraction of sp³-hybridized carbons (Fsp3) is 0.846. The van der Waals surface area contributed by atoms with E-state index in [1.54, 1.807) is 11.5 Å². The molecule has 1 aromatic heterocycles. The van der Waals surface area contributed by atoms with E-state index in [9.17, 15) is 0 Å². The lowest BCUT2D eigenvalue weighted by Crippen LogP contribution is -2.32. The van der Waals surface area contributed by atoms with Crippen molar-refractivity contribution < 1.29 is 0 Å². The summed E-state index contributed by atoms with van der Waals surface area (Å²) in [5.74, 6) is 3.02. The molecule has 1 aliphatic carbocycles. The minimum atomic E-state index is 0.423. The topological polar surface area (TPSA) is 55.0 Å². The second-order valence-corrected chi connectivity index (χ2v) is 6.82. The Bertz CT molecular complexity index is 417. The highest BCUT2D eigenvalue weighted by Gasteiger charge is 2.37. The van der Waals surface area contributed by atoms with Gasteiger partial charge in [0.25, 0.3) is 0 Å². The van der Waals surface area contributed by atoms with Crippen molar-refractivity contribution in [3.63, 3.8) is 0 Å². The first-order valence-electron chi connectivity index (χ1n) is 6.97. The smallest absolute Gasteiger partial charge is 0.205 e. The van der Waals surface area contributed by atoms with Crippen molar-refractivity contribution in [2.45, 2.75) is 45.1 Å². The lowest BCUT2D eigenvalue weighted by molar-refractivity contribution is 0.271. The number of fused-ring (bicyclic) bond motifs is 1. The van der Waals surface area contributed by atoms with Crippen molar-refractivity contribution >= 4 is 16.7 Å². The van der Waals surface area contributed by atoms with E-state index in [2.05, 4.69) is 28.1 Å². The lowest BCUT2D eigenvalue weighted by atomic mass is 9.79. The number of nitrogens with zero attached hydrogens (tertiary/aromatic N) is 3. The first-order chi connectivity index (χ1) is 8.63. The standard InChI is InChI=1S/C13H22N4S/c1-8(2)12-15-13(18-16-12)17-6-9-3-4-11(14)5-10(9)7-17/h8-11H,3-7,14H2,1-2H3/t9-,10+,11?/m1/s1. The average Bonchev–Trinajstić information content (AvgIpc) is 2.93. The van der Waals surface area contributed by atoms with Crippen LogP contribution in [-0.4, -0.2) is 28.5 Å². The monoisotopic (exact) mass is 266 g/mol. The molecule has 1 saturated carbocycles. The van der Waals surface area contributed by atoms with Crippen LogP contribution >= 0.6 is 11.5 Å². The molecule has 2 fully saturated rings. The van der Waals surface area contributed by atoms with Gasteiger partial charge in [0, 0.05) is 36.6 Å². The molecule has 1 saturated heterocycles. The summed E-state index contributed by atoms with van der Waals surface area (Å²) in [5.41, 5.74) is 6.07. The first-order valence-corrected chi connectivity index (χ1v) is 7.75. The van der Waals surface area contributed by atoms with E-state index < -0.39 is 0 Å². The molecule has 5 heteroatoms. The van der Waals surface area contributed by atoms with Crippen LogP contribution in [-0.2, 0) is 0 Å². The maximum atomic E-state index is 6.07. The zero-order chi connectivity index (χ0) is 12.7. The second-order valence-electron chi connectivity index (χ2n) is 6.09. The van der Waals surface area contributed by atoms with Gasteiger partial charge in [0.15, 0.2) is 0 Å². The first kappa shape index (κ1) is 12.4. The van der Waals surface area contributed by atoms with E-state index in [0.29, 0.717) is 12.0 Å². The van der Waals surface area contributed by atoms with E-state index in [1.165, 1.54) is 19.3 Å². The summed E-state index contributed by atoms with van der Waals surface area (Å²) in [4.78, 5) is 7.10. The fourth-order valence-electron chi connectivity index (χ4n) is 3.21. The van der Waals surface area contributed by atoms with Gasteiger partial charge in [-0.2, -0.15) is 4.37 Å². The summed E-state index contributed by atoms with van der Waals surface area (Å²) in [6, 6.07) is 0.423. The third-order valence-corrected chi connectivity index (χ3v) is 5.10. The Morgan fingerprint density at radius 2 is 2.06 bits per heavy atom. The van der Waals surface area contributed by atoms with Crippen molar-refractivity contribution in [1.82, 2.24) is 9.36 Å². The van der Waals surface area contributed by atoms with E-state index in [1.807, 2.05) is 0 Å². The van der Waals surface area contributed by atoms with Crippen LogP contribution in [0, 0.1) is 11.8 Å². The number of aromatic nitrogens is 2. The van der Waals surface area contributed by atoms with Crippen LogP contribution in [0.4, 0.5) is 5.13 Å².